The number of cyclic esters (lactones) is 1. The first kappa shape index (κ1) is 18.6. The zero-order valence-corrected chi connectivity index (χ0v) is 15.9. The smallest absolute Gasteiger partial charge is 0.414 e. The molecule has 146 valence electrons. The van der Waals surface area contributed by atoms with E-state index in [9.17, 15) is 9.59 Å². The third-order valence-corrected chi connectivity index (χ3v) is 4.53. The maximum atomic E-state index is 12.8. The maximum absolute atomic E-state index is 12.8. The summed E-state index contributed by atoms with van der Waals surface area (Å²) in [5.41, 5.74) is 2.71. The Hall–Kier alpha value is -3.80. The zero-order chi connectivity index (χ0) is 20.2. The van der Waals surface area contributed by atoms with Crippen LogP contribution in [0.15, 0.2) is 72.8 Å². The first-order valence-electron chi connectivity index (χ1n) is 9.29. The molecule has 1 heterocycles. The molecule has 0 bridgehead atoms. The van der Waals surface area contributed by atoms with E-state index in [0.717, 1.165) is 5.56 Å². The molecule has 6 nitrogen and oxygen atoms in total. The van der Waals surface area contributed by atoms with E-state index in [0.29, 0.717) is 41.6 Å². The summed E-state index contributed by atoms with van der Waals surface area (Å²) in [6.07, 6.45) is -0.403. The molecule has 1 N–H and O–H groups in total. The Balaban J connectivity index is 1.54. The van der Waals surface area contributed by atoms with Gasteiger partial charge >= 0.3 is 6.09 Å². The second-order valence-electron chi connectivity index (χ2n) is 6.69. The molecule has 2 amide bonds. The Morgan fingerprint density at radius 3 is 2.66 bits per heavy atom. The van der Waals surface area contributed by atoms with Crippen LogP contribution in [0.5, 0.6) is 11.5 Å². The van der Waals surface area contributed by atoms with Crippen molar-refractivity contribution in [1.29, 1.82) is 0 Å². The minimum absolute atomic E-state index is 0.292. The number of amides is 2. The van der Waals surface area contributed by atoms with Crippen LogP contribution in [0, 0.1) is 6.92 Å². The van der Waals surface area contributed by atoms with E-state index in [1.54, 1.807) is 36.4 Å². The summed E-state index contributed by atoms with van der Waals surface area (Å²) in [7, 11) is 0. The standard InChI is InChI=1S/C23H20N2O4/c1-16-6-4-9-19(14-16)29-21-11-3-2-10-20(21)24-22(26)17-7-5-8-18(15-17)25-12-13-28-23(25)27/h2-11,14-15H,12-13H2,1H3,(H,24,26). The Labute approximate surface area is 168 Å². The van der Waals surface area contributed by atoms with Crippen LogP contribution >= 0.6 is 0 Å². The fourth-order valence-corrected chi connectivity index (χ4v) is 3.10. The van der Waals surface area contributed by atoms with Crippen LogP contribution in [0.4, 0.5) is 16.2 Å². The minimum Gasteiger partial charge on any atom is -0.455 e. The van der Waals surface area contributed by atoms with Gasteiger partial charge in [-0.15, -0.1) is 0 Å². The second kappa shape index (κ2) is 8.06. The van der Waals surface area contributed by atoms with Crippen molar-refractivity contribution < 1.29 is 19.1 Å². The molecule has 3 aromatic carbocycles. The molecule has 6 heteroatoms. The molecule has 3 aromatic rings. The lowest BCUT2D eigenvalue weighted by molar-refractivity contribution is 0.102. The van der Waals surface area contributed by atoms with Gasteiger partial charge in [-0.3, -0.25) is 9.69 Å². The van der Waals surface area contributed by atoms with Crippen LogP contribution in [-0.2, 0) is 4.74 Å². The normalized spacial score (nSPS) is 13.1. The van der Waals surface area contributed by atoms with Crippen LogP contribution in [0.1, 0.15) is 15.9 Å². The van der Waals surface area contributed by atoms with Gasteiger partial charge in [0.05, 0.1) is 12.2 Å². The lowest BCUT2D eigenvalue weighted by atomic mass is 10.1. The van der Waals surface area contributed by atoms with E-state index in [2.05, 4.69) is 5.32 Å². The molecule has 1 saturated heterocycles. The minimum atomic E-state index is -0.403. The van der Waals surface area contributed by atoms with Crippen molar-refractivity contribution >= 4 is 23.4 Å². The van der Waals surface area contributed by atoms with Crippen LogP contribution in [-0.4, -0.2) is 25.2 Å². The van der Waals surface area contributed by atoms with Gasteiger partial charge in [0, 0.05) is 11.3 Å². The molecule has 29 heavy (non-hydrogen) atoms. The lowest BCUT2D eigenvalue weighted by Crippen LogP contribution is -2.23. The number of carbonyl (C=O) groups excluding carboxylic acids is 2. The van der Waals surface area contributed by atoms with E-state index in [4.69, 9.17) is 9.47 Å². The van der Waals surface area contributed by atoms with Crippen molar-refractivity contribution in [2.75, 3.05) is 23.4 Å². The van der Waals surface area contributed by atoms with Gasteiger partial charge in [-0.1, -0.05) is 30.3 Å². The van der Waals surface area contributed by atoms with E-state index in [1.807, 2.05) is 43.3 Å². The molecule has 0 unspecified atom stereocenters. The Kier molecular flexibility index (Phi) is 5.16. The molecule has 1 aliphatic rings. The third kappa shape index (κ3) is 4.21. The molecule has 1 aliphatic heterocycles. The molecule has 0 saturated carbocycles. The quantitative estimate of drug-likeness (QED) is 0.668. The highest BCUT2D eigenvalue weighted by molar-refractivity contribution is 6.06. The second-order valence-corrected chi connectivity index (χ2v) is 6.69. The molecule has 0 aromatic heterocycles. The van der Waals surface area contributed by atoms with Crippen molar-refractivity contribution in [3.63, 3.8) is 0 Å². The summed E-state index contributed by atoms with van der Waals surface area (Å²) in [5.74, 6) is 0.951. The van der Waals surface area contributed by atoms with E-state index in [-0.39, 0.29) is 5.91 Å². The average Bonchev–Trinajstić information content (AvgIpc) is 3.15. The van der Waals surface area contributed by atoms with Crippen LogP contribution in [0.2, 0.25) is 0 Å². The summed E-state index contributed by atoms with van der Waals surface area (Å²) in [5, 5.41) is 2.89. The van der Waals surface area contributed by atoms with Crippen LogP contribution < -0.4 is 15.0 Å². The number of anilines is 2. The maximum Gasteiger partial charge on any atom is 0.414 e. The average molecular weight is 388 g/mol. The van der Waals surface area contributed by atoms with Crippen LogP contribution in [0.3, 0.4) is 0 Å². The predicted molar refractivity (Wildman–Crippen MR) is 111 cm³/mol. The van der Waals surface area contributed by atoms with Crippen molar-refractivity contribution in [1.82, 2.24) is 0 Å². The topological polar surface area (TPSA) is 67.9 Å². The first-order valence-corrected chi connectivity index (χ1v) is 9.29. The summed E-state index contributed by atoms with van der Waals surface area (Å²) in [6.45, 7) is 2.81. The summed E-state index contributed by atoms with van der Waals surface area (Å²) < 4.78 is 10.9. The number of hydrogen-bond donors (Lipinski definition) is 1. The van der Waals surface area contributed by atoms with Gasteiger partial charge in [-0.2, -0.15) is 0 Å². The number of ether oxygens (including phenoxy) is 2. The summed E-state index contributed by atoms with van der Waals surface area (Å²) >= 11 is 0. The number of para-hydroxylation sites is 2. The fraction of sp³-hybridized carbons (Fsp3) is 0.130. The van der Waals surface area contributed by atoms with Gasteiger partial charge in [0.25, 0.3) is 5.91 Å². The van der Waals surface area contributed by atoms with Gasteiger partial charge in [0.2, 0.25) is 0 Å². The van der Waals surface area contributed by atoms with Crippen LogP contribution in [0.25, 0.3) is 0 Å². The van der Waals surface area contributed by atoms with Crippen molar-refractivity contribution in [2.45, 2.75) is 6.92 Å². The number of rotatable bonds is 5. The molecule has 0 aliphatic carbocycles. The number of aryl methyl sites for hydroxylation is 1. The molecule has 1 fully saturated rings. The van der Waals surface area contributed by atoms with Crippen molar-refractivity contribution in [2.24, 2.45) is 0 Å². The summed E-state index contributed by atoms with van der Waals surface area (Å²) in [4.78, 5) is 26.1. The number of hydrogen-bond acceptors (Lipinski definition) is 4. The SMILES string of the molecule is Cc1cccc(Oc2ccccc2NC(=O)c2cccc(N3CCOC3=O)c2)c1. The Bertz CT molecular complexity index is 1060. The van der Waals surface area contributed by atoms with Gasteiger partial charge in [0.15, 0.2) is 5.75 Å². The highest BCUT2D eigenvalue weighted by Gasteiger charge is 2.24. The number of benzene rings is 3. The molecular weight excluding hydrogens is 368 g/mol. The molecule has 0 spiro atoms. The van der Waals surface area contributed by atoms with E-state index in [1.165, 1.54) is 4.90 Å². The van der Waals surface area contributed by atoms with Crippen molar-refractivity contribution in [3.8, 4) is 11.5 Å². The molecule has 4 rings (SSSR count). The highest BCUT2D eigenvalue weighted by atomic mass is 16.6. The largest absolute Gasteiger partial charge is 0.455 e. The fourth-order valence-electron chi connectivity index (χ4n) is 3.10. The monoisotopic (exact) mass is 388 g/mol. The molecular formula is C23H20N2O4. The predicted octanol–water partition coefficient (Wildman–Crippen LogP) is 5.00. The third-order valence-electron chi connectivity index (χ3n) is 4.53. The van der Waals surface area contributed by atoms with Gasteiger partial charge in [-0.05, 0) is 55.0 Å². The number of nitrogens with zero attached hydrogens (tertiary/aromatic N) is 1. The lowest BCUT2D eigenvalue weighted by Gasteiger charge is -2.15. The van der Waals surface area contributed by atoms with E-state index < -0.39 is 6.09 Å². The van der Waals surface area contributed by atoms with Gasteiger partial charge in [-0.25, -0.2) is 4.79 Å². The van der Waals surface area contributed by atoms with E-state index >= 15 is 0 Å². The Morgan fingerprint density at radius 2 is 1.86 bits per heavy atom. The van der Waals surface area contributed by atoms with Gasteiger partial charge < -0.3 is 14.8 Å². The summed E-state index contributed by atoms with van der Waals surface area (Å²) in [6, 6.07) is 21.8. The number of nitrogens with one attached hydrogen (secondary N) is 1. The molecule has 0 radical (unpaired) electrons. The zero-order valence-electron chi connectivity index (χ0n) is 15.9. The highest BCUT2D eigenvalue weighted by Crippen LogP contribution is 2.30. The molecule has 0 atom stereocenters. The van der Waals surface area contributed by atoms with Gasteiger partial charge in [0.1, 0.15) is 12.4 Å². The Morgan fingerprint density at radius 1 is 1.03 bits per heavy atom. The number of carbonyl (C=O) groups is 2. The van der Waals surface area contributed by atoms with Crippen molar-refractivity contribution in [3.05, 3.63) is 83.9 Å². The first-order chi connectivity index (χ1) is 14.1.